The van der Waals surface area contributed by atoms with Gasteiger partial charge in [-0.15, -0.1) is 10.2 Å². The molecule has 0 amide bonds. The molecule has 7 heteroatoms. The van der Waals surface area contributed by atoms with Gasteiger partial charge >= 0.3 is 0 Å². The Morgan fingerprint density at radius 2 is 1.85 bits per heavy atom. The maximum Gasteiger partial charge on any atom is 0.224 e. The molecule has 3 rings (SSSR count). The lowest BCUT2D eigenvalue weighted by atomic mass is 10.1. The Kier molecular flexibility index (Phi) is 5.99. The van der Waals surface area contributed by atoms with Gasteiger partial charge in [0.25, 0.3) is 0 Å². The van der Waals surface area contributed by atoms with Gasteiger partial charge in [0.1, 0.15) is 5.82 Å². The van der Waals surface area contributed by atoms with Crippen molar-refractivity contribution in [3.63, 3.8) is 0 Å². The van der Waals surface area contributed by atoms with E-state index >= 15 is 0 Å². The summed E-state index contributed by atoms with van der Waals surface area (Å²) in [7, 11) is 0. The largest absolute Gasteiger partial charge is 0.382 e. The van der Waals surface area contributed by atoms with Gasteiger partial charge in [0.05, 0.1) is 11.1 Å². The molecule has 0 saturated heterocycles. The van der Waals surface area contributed by atoms with Crippen molar-refractivity contribution in [2.24, 2.45) is 10.2 Å². The first-order chi connectivity index (χ1) is 12.7. The molecule has 1 aromatic carbocycles. The van der Waals surface area contributed by atoms with Crippen LogP contribution in [0.4, 0.5) is 17.3 Å². The number of rotatable bonds is 9. The van der Waals surface area contributed by atoms with Crippen LogP contribution in [-0.2, 0) is 6.54 Å². The highest BCUT2D eigenvalue weighted by Gasteiger charge is 2.13. The molecule has 0 radical (unpaired) electrons. The van der Waals surface area contributed by atoms with Gasteiger partial charge in [0.15, 0.2) is 11.3 Å². The Labute approximate surface area is 153 Å². The molecule has 138 valence electrons. The maximum atomic E-state index is 6.22. The minimum Gasteiger partial charge on any atom is -0.382 e. The molecule has 0 fully saturated rings. The Hall–Kier alpha value is -2.70. The highest BCUT2D eigenvalue weighted by molar-refractivity contribution is 5.86. The van der Waals surface area contributed by atoms with Crippen molar-refractivity contribution in [2.45, 2.75) is 58.9 Å². The molecule has 7 nitrogen and oxygen atoms in total. The van der Waals surface area contributed by atoms with Crippen LogP contribution in [0, 0.1) is 6.92 Å². The van der Waals surface area contributed by atoms with Gasteiger partial charge in [0, 0.05) is 6.54 Å². The molecule has 0 aliphatic rings. The number of nitrogen functional groups attached to an aromatic ring is 1. The molecule has 26 heavy (non-hydrogen) atoms. The number of unbranched alkanes of at least 4 members (excludes halogenated alkanes) is 5. The number of benzene rings is 1. The minimum atomic E-state index is 0.447. The van der Waals surface area contributed by atoms with Gasteiger partial charge in [-0.25, -0.2) is 4.68 Å². The zero-order chi connectivity index (χ0) is 18.4. The van der Waals surface area contributed by atoms with Crippen molar-refractivity contribution in [3.05, 3.63) is 30.0 Å². The van der Waals surface area contributed by atoms with Gasteiger partial charge in [-0.3, -0.25) is 0 Å². The van der Waals surface area contributed by atoms with Crippen LogP contribution in [-0.4, -0.2) is 14.9 Å². The number of nitrogens with two attached hydrogens (primary N) is 1. The zero-order valence-electron chi connectivity index (χ0n) is 15.5. The normalized spacial score (nSPS) is 11.8. The molecule has 0 aliphatic heterocycles. The number of fused-ring (bicyclic) bond motifs is 1. The number of anilines is 1. The van der Waals surface area contributed by atoms with Crippen LogP contribution in [0.15, 0.2) is 39.0 Å². The quantitative estimate of drug-likeness (QED) is 0.394. The first kappa shape index (κ1) is 18.1. The zero-order valence-corrected chi connectivity index (χ0v) is 15.5. The van der Waals surface area contributed by atoms with Gasteiger partial charge < -0.3 is 10.3 Å². The van der Waals surface area contributed by atoms with E-state index in [0.717, 1.165) is 24.0 Å². The summed E-state index contributed by atoms with van der Waals surface area (Å²) in [6.45, 7) is 4.93. The lowest BCUT2D eigenvalue weighted by Crippen LogP contribution is -2.04. The van der Waals surface area contributed by atoms with Gasteiger partial charge in [-0.1, -0.05) is 56.3 Å². The third-order valence-electron chi connectivity index (χ3n) is 4.46. The number of para-hydroxylation sites is 1. The van der Waals surface area contributed by atoms with Crippen molar-refractivity contribution in [2.75, 3.05) is 5.73 Å². The average molecular weight is 354 g/mol. The predicted octanol–water partition coefficient (Wildman–Crippen LogP) is 5.69. The van der Waals surface area contributed by atoms with Gasteiger partial charge in [0.2, 0.25) is 5.82 Å². The van der Waals surface area contributed by atoms with Gasteiger partial charge in [-0.2, -0.15) is 5.10 Å². The summed E-state index contributed by atoms with van der Waals surface area (Å²) in [6, 6.07) is 7.55. The van der Waals surface area contributed by atoms with E-state index in [2.05, 4.69) is 27.4 Å². The molecular weight excluding hydrogens is 328 g/mol. The molecule has 2 N–H and O–H groups in total. The van der Waals surface area contributed by atoms with Crippen molar-refractivity contribution in [1.29, 1.82) is 0 Å². The van der Waals surface area contributed by atoms with Crippen LogP contribution in [0.5, 0.6) is 0 Å². The topological polar surface area (TPSA) is 94.6 Å². The molecule has 0 saturated carbocycles. The van der Waals surface area contributed by atoms with Crippen molar-refractivity contribution < 1.29 is 4.52 Å². The lowest BCUT2D eigenvalue weighted by Gasteiger charge is -2.04. The van der Waals surface area contributed by atoms with E-state index in [-0.39, 0.29) is 0 Å². The molecule has 3 aromatic rings. The third-order valence-corrected chi connectivity index (χ3v) is 4.46. The Morgan fingerprint density at radius 1 is 1.08 bits per heavy atom. The van der Waals surface area contributed by atoms with Gasteiger partial charge in [-0.05, 0) is 25.5 Å². The minimum absolute atomic E-state index is 0.447. The second-order valence-corrected chi connectivity index (χ2v) is 6.51. The molecule has 0 bridgehead atoms. The summed E-state index contributed by atoms with van der Waals surface area (Å²) in [6.07, 6.45) is 7.40. The molecule has 0 unspecified atom stereocenters. The smallest absolute Gasteiger partial charge is 0.224 e. The number of hydrogen-bond donors (Lipinski definition) is 1. The second kappa shape index (κ2) is 8.60. The molecule has 0 atom stereocenters. The summed E-state index contributed by atoms with van der Waals surface area (Å²) < 4.78 is 7.06. The van der Waals surface area contributed by atoms with Crippen LogP contribution in [0.2, 0.25) is 0 Å². The molecular formula is C19H26N6O. The predicted molar refractivity (Wildman–Crippen MR) is 103 cm³/mol. The highest BCUT2D eigenvalue weighted by Crippen LogP contribution is 2.31. The summed E-state index contributed by atoms with van der Waals surface area (Å²) in [5.41, 5.74) is 8.28. The van der Waals surface area contributed by atoms with Crippen LogP contribution in [0.3, 0.4) is 0 Å². The Morgan fingerprint density at radius 3 is 2.69 bits per heavy atom. The van der Waals surface area contributed by atoms with E-state index in [1.165, 1.54) is 32.1 Å². The van der Waals surface area contributed by atoms with E-state index in [1.807, 2.05) is 35.9 Å². The number of nitrogens with zero attached hydrogens (tertiary/aromatic N) is 5. The summed E-state index contributed by atoms with van der Waals surface area (Å²) in [5, 5.41) is 17.8. The molecule has 2 aromatic heterocycles. The van der Waals surface area contributed by atoms with Crippen LogP contribution >= 0.6 is 0 Å². The second-order valence-electron chi connectivity index (χ2n) is 6.51. The van der Waals surface area contributed by atoms with E-state index in [1.54, 1.807) is 0 Å². The Bertz CT molecular complexity index is 879. The fourth-order valence-corrected chi connectivity index (χ4v) is 2.97. The number of aryl methyl sites for hydroxylation is 2. The fourth-order valence-electron chi connectivity index (χ4n) is 2.97. The monoisotopic (exact) mass is 354 g/mol. The molecule has 2 heterocycles. The maximum absolute atomic E-state index is 6.22. The lowest BCUT2D eigenvalue weighted by molar-refractivity contribution is 0.458. The van der Waals surface area contributed by atoms with Crippen LogP contribution < -0.4 is 5.73 Å². The molecule has 0 aliphatic carbocycles. The SMILES string of the molecule is CCCCCCCCn1nc(C)c(N=Nc2noc3ccccc23)c1N. The molecule has 0 spiro atoms. The standard InChI is InChI=1S/C19H26N6O/c1-3-4-5-6-7-10-13-25-18(20)17(14(2)23-25)21-22-19-15-11-8-9-12-16(15)26-24-19/h8-9,11-12H,3-7,10,13,20H2,1-2H3. The first-order valence-corrected chi connectivity index (χ1v) is 9.29. The summed E-state index contributed by atoms with van der Waals surface area (Å²) in [4.78, 5) is 0. The van der Waals surface area contributed by atoms with Crippen molar-refractivity contribution in [1.82, 2.24) is 14.9 Å². The number of aromatic nitrogens is 3. The summed E-state index contributed by atoms with van der Waals surface area (Å²) >= 11 is 0. The number of azo groups is 1. The van der Waals surface area contributed by atoms with E-state index in [9.17, 15) is 0 Å². The Balaban J connectivity index is 1.66. The van der Waals surface area contributed by atoms with E-state index in [4.69, 9.17) is 10.3 Å². The van der Waals surface area contributed by atoms with Crippen LogP contribution in [0.1, 0.15) is 51.1 Å². The van der Waals surface area contributed by atoms with E-state index in [0.29, 0.717) is 22.9 Å². The first-order valence-electron chi connectivity index (χ1n) is 9.29. The fraction of sp³-hybridized carbons (Fsp3) is 0.474. The highest BCUT2D eigenvalue weighted by atomic mass is 16.5. The van der Waals surface area contributed by atoms with Crippen molar-refractivity contribution >= 4 is 28.3 Å². The van der Waals surface area contributed by atoms with Crippen LogP contribution in [0.25, 0.3) is 11.0 Å². The summed E-state index contributed by atoms with van der Waals surface area (Å²) in [5.74, 6) is 0.996. The number of hydrogen-bond acceptors (Lipinski definition) is 6. The average Bonchev–Trinajstić information content (AvgIpc) is 3.18. The van der Waals surface area contributed by atoms with Crippen molar-refractivity contribution in [3.8, 4) is 0 Å². The van der Waals surface area contributed by atoms with E-state index < -0.39 is 0 Å². The third kappa shape index (κ3) is 4.09.